The van der Waals surface area contributed by atoms with Crippen molar-refractivity contribution in [3.8, 4) is 11.6 Å². The molecular weight excluding hydrogens is 452 g/mol. The number of para-hydroxylation sites is 1. The molecule has 0 saturated carbocycles. The van der Waals surface area contributed by atoms with E-state index in [0.29, 0.717) is 5.69 Å². The van der Waals surface area contributed by atoms with Gasteiger partial charge in [0.05, 0.1) is 12.8 Å². The summed E-state index contributed by atoms with van der Waals surface area (Å²) in [5, 5.41) is 11.9. The summed E-state index contributed by atoms with van der Waals surface area (Å²) in [5.41, 5.74) is 3.78. The highest BCUT2D eigenvalue weighted by atomic mass is 32.1. The number of aliphatic imine (C=N–C) groups is 1. The Bertz CT molecular complexity index is 1530. The summed E-state index contributed by atoms with van der Waals surface area (Å²) in [5.74, 6) is -0.921. The lowest BCUT2D eigenvalue weighted by atomic mass is 10.1. The second-order valence-corrected chi connectivity index (χ2v) is 8.37. The fourth-order valence-corrected chi connectivity index (χ4v) is 4.05. The van der Waals surface area contributed by atoms with Gasteiger partial charge in [-0.2, -0.15) is 0 Å². The van der Waals surface area contributed by atoms with Crippen LogP contribution in [0.2, 0.25) is 0 Å². The molecule has 0 aliphatic heterocycles. The average molecular weight is 477 g/mol. The Kier molecular flexibility index (Phi) is 6.47. The zero-order valence-corrected chi connectivity index (χ0v) is 19.8. The third-order valence-electron chi connectivity index (χ3n) is 5.81. The molecule has 2 aromatic carbocycles. The van der Waals surface area contributed by atoms with E-state index in [1.54, 1.807) is 6.07 Å². The predicted molar refractivity (Wildman–Crippen MR) is 134 cm³/mol. The monoisotopic (exact) mass is 476 g/mol. The number of benzene rings is 2. The van der Waals surface area contributed by atoms with Gasteiger partial charge in [0.25, 0.3) is 5.56 Å². The molecule has 1 atom stereocenters. The van der Waals surface area contributed by atoms with Gasteiger partial charge in [-0.1, -0.05) is 24.3 Å². The first-order valence-corrected chi connectivity index (χ1v) is 11.0. The number of fused-ring (bicyclic) bond motifs is 1. The van der Waals surface area contributed by atoms with Gasteiger partial charge in [0.2, 0.25) is 5.88 Å². The second-order valence-electron chi connectivity index (χ2n) is 7.98. The second kappa shape index (κ2) is 9.48. The van der Waals surface area contributed by atoms with Crippen molar-refractivity contribution in [2.24, 2.45) is 4.99 Å². The number of carbonyl (C=O) groups excluding carboxylic acids is 1. The third-order valence-corrected chi connectivity index (χ3v) is 6.10. The minimum absolute atomic E-state index is 0.0474. The SMILES string of the molecule is COC(=O)C(Cc1c[nH]c2ccccc12)N=Cc1c(O)n(-c2ccc(C)c(C)c2)c(=S)[nH]c1=O. The van der Waals surface area contributed by atoms with E-state index in [1.807, 2.05) is 56.4 Å². The zero-order chi connectivity index (χ0) is 24.4. The number of H-pyrrole nitrogens is 2. The largest absolute Gasteiger partial charge is 0.494 e. The molecule has 0 fully saturated rings. The summed E-state index contributed by atoms with van der Waals surface area (Å²) in [7, 11) is 1.28. The van der Waals surface area contributed by atoms with Gasteiger partial charge in [0.1, 0.15) is 5.56 Å². The number of aryl methyl sites for hydroxylation is 2. The van der Waals surface area contributed by atoms with Crippen molar-refractivity contribution in [2.45, 2.75) is 26.3 Å². The Morgan fingerprint density at radius 1 is 1.24 bits per heavy atom. The molecule has 0 amide bonds. The molecule has 2 aromatic heterocycles. The highest BCUT2D eigenvalue weighted by Crippen LogP contribution is 2.22. The molecule has 0 spiro atoms. The number of ether oxygens (including phenoxy) is 1. The smallest absolute Gasteiger partial charge is 0.330 e. The van der Waals surface area contributed by atoms with E-state index >= 15 is 0 Å². The van der Waals surface area contributed by atoms with Crippen LogP contribution in [0.4, 0.5) is 0 Å². The van der Waals surface area contributed by atoms with Crippen LogP contribution in [0.5, 0.6) is 5.88 Å². The number of aromatic hydroxyl groups is 1. The number of aromatic nitrogens is 3. The van der Waals surface area contributed by atoms with Crippen LogP contribution >= 0.6 is 12.2 Å². The summed E-state index contributed by atoms with van der Waals surface area (Å²) < 4.78 is 6.33. The van der Waals surface area contributed by atoms with Crippen molar-refractivity contribution in [1.29, 1.82) is 0 Å². The van der Waals surface area contributed by atoms with Gasteiger partial charge in [-0.15, -0.1) is 0 Å². The number of carbonyl (C=O) groups is 1. The number of aromatic amines is 2. The molecule has 9 heteroatoms. The summed E-state index contributed by atoms with van der Waals surface area (Å²) in [6.45, 7) is 3.92. The van der Waals surface area contributed by atoms with Crippen molar-refractivity contribution < 1.29 is 14.6 Å². The van der Waals surface area contributed by atoms with Gasteiger partial charge in [0, 0.05) is 29.7 Å². The lowest BCUT2D eigenvalue weighted by Gasteiger charge is -2.13. The molecule has 0 radical (unpaired) electrons. The standard InChI is InChI=1S/C25H24N4O4S/c1-14-8-9-17(10-15(14)2)29-23(31)19(22(30)28-25(29)34)13-27-21(24(32)33-3)11-16-12-26-20-7-5-4-6-18(16)20/h4-10,12-13,21,26,31H,11H2,1-3H3,(H,28,30,34). The maximum atomic E-state index is 12.6. The Morgan fingerprint density at radius 3 is 2.74 bits per heavy atom. The molecule has 0 saturated heterocycles. The molecule has 0 aliphatic carbocycles. The fourth-order valence-electron chi connectivity index (χ4n) is 3.77. The lowest BCUT2D eigenvalue weighted by molar-refractivity contribution is -0.142. The van der Waals surface area contributed by atoms with Gasteiger partial charge in [-0.05, 0) is 61.0 Å². The van der Waals surface area contributed by atoms with Crippen LogP contribution in [0.1, 0.15) is 22.3 Å². The molecule has 174 valence electrons. The molecular formula is C25H24N4O4S. The zero-order valence-electron chi connectivity index (χ0n) is 19.0. The minimum Gasteiger partial charge on any atom is -0.494 e. The van der Waals surface area contributed by atoms with Crippen molar-refractivity contribution in [1.82, 2.24) is 14.5 Å². The van der Waals surface area contributed by atoms with Crippen LogP contribution in [0.25, 0.3) is 16.6 Å². The van der Waals surface area contributed by atoms with Crippen molar-refractivity contribution >= 4 is 35.3 Å². The molecule has 2 heterocycles. The number of methoxy groups -OCH3 is 1. The fraction of sp³-hybridized carbons (Fsp3) is 0.200. The van der Waals surface area contributed by atoms with Gasteiger partial charge in [-0.3, -0.25) is 19.3 Å². The molecule has 4 aromatic rings. The van der Waals surface area contributed by atoms with Crippen LogP contribution in [-0.4, -0.2) is 45.0 Å². The molecule has 34 heavy (non-hydrogen) atoms. The van der Waals surface area contributed by atoms with E-state index in [2.05, 4.69) is 15.0 Å². The average Bonchev–Trinajstić information content (AvgIpc) is 3.22. The van der Waals surface area contributed by atoms with Gasteiger partial charge >= 0.3 is 5.97 Å². The molecule has 4 rings (SSSR count). The van der Waals surface area contributed by atoms with Crippen LogP contribution in [0.3, 0.4) is 0 Å². The highest BCUT2D eigenvalue weighted by Gasteiger charge is 2.21. The van der Waals surface area contributed by atoms with E-state index in [4.69, 9.17) is 17.0 Å². The summed E-state index contributed by atoms with van der Waals surface area (Å²) in [6.07, 6.45) is 3.26. The van der Waals surface area contributed by atoms with Gasteiger partial charge in [-0.25, -0.2) is 4.79 Å². The van der Waals surface area contributed by atoms with Gasteiger partial charge < -0.3 is 14.8 Å². The number of nitrogens with one attached hydrogen (secondary N) is 2. The minimum atomic E-state index is -0.916. The quantitative estimate of drug-likeness (QED) is 0.222. The Morgan fingerprint density at radius 2 is 2.00 bits per heavy atom. The maximum absolute atomic E-state index is 12.6. The molecule has 0 aliphatic rings. The summed E-state index contributed by atoms with van der Waals surface area (Å²) >= 11 is 5.29. The van der Waals surface area contributed by atoms with E-state index in [9.17, 15) is 14.7 Å². The number of rotatable bonds is 6. The van der Waals surface area contributed by atoms with Crippen LogP contribution in [0.15, 0.2) is 58.4 Å². The van der Waals surface area contributed by atoms with E-state index in [-0.39, 0.29) is 22.6 Å². The molecule has 8 nitrogen and oxygen atoms in total. The molecule has 3 N–H and O–H groups in total. The van der Waals surface area contributed by atoms with Gasteiger partial charge in [0.15, 0.2) is 10.8 Å². The molecule has 0 bridgehead atoms. The Hall–Kier alpha value is -3.98. The van der Waals surface area contributed by atoms with Crippen molar-refractivity contribution in [3.05, 3.63) is 86.0 Å². The number of hydrogen-bond acceptors (Lipinski definition) is 6. The van der Waals surface area contributed by atoms with Crippen LogP contribution in [-0.2, 0) is 16.0 Å². The number of nitrogens with zero attached hydrogens (tertiary/aromatic N) is 2. The van der Waals surface area contributed by atoms with Crippen molar-refractivity contribution in [3.63, 3.8) is 0 Å². The first kappa shape index (κ1) is 23.2. The third kappa shape index (κ3) is 4.42. The highest BCUT2D eigenvalue weighted by molar-refractivity contribution is 7.71. The number of esters is 1. The van der Waals surface area contributed by atoms with Crippen LogP contribution < -0.4 is 5.56 Å². The molecule has 1 unspecified atom stereocenters. The Labute approximate surface area is 200 Å². The van der Waals surface area contributed by atoms with Crippen molar-refractivity contribution in [2.75, 3.05) is 7.11 Å². The lowest BCUT2D eigenvalue weighted by Crippen LogP contribution is -2.24. The summed E-state index contributed by atoms with van der Waals surface area (Å²) in [6, 6.07) is 12.4. The normalized spacial score (nSPS) is 12.3. The van der Waals surface area contributed by atoms with E-state index in [1.165, 1.54) is 17.9 Å². The van der Waals surface area contributed by atoms with E-state index < -0.39 is 17.6 Å². The maximum Gasteiger partial charge on any atom is 0.330 e. The number of hydrogen-bond donors (Lipinski definition) is 3. The summed E-state index contributed by atoms with van der Waals surface area (Å²) in [4.78, 5) is 35.1. The van der Waals surface area contributed by atoms with E-state index in [0.717, 1.165) is 27.6 Å². The Balaban J connectivity index is 1.74. The topological polar surface area (TPSA) is 112 Å². The first-order valence-electron chi connectivity index (χ1n) is 10.6. The predicted octanol–water partition coefficient (Wildman–Crippen LogP) is 3.90. The first-order chi connectivity index (χ1) is 16.3. The van der Waals surface area contributed by atoms with Crippen LogP contribution in [0, 0.1) is 18.6 Å².